The summed E-state index contributed by atoms with van der Waals surface area (Å²) in [5.74, 6) is -0.0541. The van der Waals surface area contributed by atoms with Crippen LogP contribution in [0.2, 0.25) is 0 Å². The molecule has 0 bridgehead atoms. The van der Waals surface area contributed by atoms with Crippen LogP contribution in [0.3, 0.4) is 0 Å². The molecule has 3 N–H and O–H groups in total. The number of sulfonamides is 1. The Kier molecular flexibility index (Phi) is 5.98. The molecule has 2 aromatic carbocycles. The number of thiocarbonyl (C=S) groups is 1. The van der Waals surface area contributed by atoms with Crippen LogP contribution in [0.4, 0.5) is 0 Å². The van der Waals surface area contributed by atoms with Crippen LogP contribution >= 0.6 is 24.0 Å². The number of benzene rings is 2. The number of nitrogens with two attached hydrogens (primary N) is 1. The van der Waals surface area contributed by atoms with Crippen molar-refractivity contribution in [2.45, 2.75) is 4.90 Å². The summed E-state index contributed by atoms with van der Waals surface area (Å²) in [6, 6.07) is 17.7. The topological polar surface area (TPSA) is 123 Å². The lowest BCUT2D eigenvalue weighted by Gasteiger charge is -2.15. The van der Waals surface area contributed by atoms with Crippen LogP contribution in [0.25, 0.3) is 17.4 Å². The molecule has 0 saturated carbocycles. The standard InChI is InChI=1S/C21H15N3O5S3/c22-32(27,28)16-9-6-13(7-10-16)17-11-8-15(29-17)12-18-20(26)24(21(30)31-18)23-19(25)14-4-2-1-3-5-14/h1-12H,(H,23,25)(H2,22,27,28)/b18-12+. The van der Waals surface area contributed by atoms with Crippen LogP contribution in [-0.4, -0.2) is 29.6 Å². The molecule has 1 aromatic heterocycles. The Labute approximate surface area is 193 Å². The van der Waals surface area contributed by atoms with Crippen molar-refractivity contribution in [2.24, 2.45) is 5.14 Å². The van der Waals surface area contributed by atoms with Crippen molar-refractivity contribution >= 4 is 56.2 Å². The summed E-state index contributed by atoms with van der Waals surface area (Å²) in [6.45, 7) is 0. The Bertz CT molecular complexity index is 1350. The largest absolute Gasteiger partial charge is 0.457 e. The number of carbonyl (C=O) groups is 2. The molecular weight excluding hydrogens is 470 g/mol. The normalized spacial score (nSPS) is 15.4. The van der Waals surface area contributed by atoms with Crippen molar-refractivity contribution in [2.75, 3.05) is 0 Å². The fraction of sp³-hybridized carbons (Fsp3) is 0. The molecule has 32 heavy (non-hydrogen) atoms. The third-order valence-corrected chi connectivity index (χ3v) is 6.64. The Morgan fingerprint density at radius 3 is 2.41 bits per heavy atom. The van der Waals surface area contributed by atoms with Gasteiger partial charge < -0.3 is 4.42 Å². The molecule has 2 amide bonds. The summed E-state index contributed by atoms with van der Waals surface area (Å²) < 4.78 is 28.7. The van der Waals surface area contributed by atoms with Crippen molar-refractivity contribution in [1.82, 2.24) is 10.4 Å². The van der Waals surface area contributed by atoms with E-state index in [0.717, 1.165) is 16.8 Å². The van der Waals surface area contributed by atoms with Gasteiger partial charge in [-0.15, -0.1) is 0 Å². The van der Waals surface area contributed by atoms with Gasteiger partial charge in [-0.2, -0.15) is 5.01 Å². The van der Waals surface area contributed by atoms with Crippen LogP contribution in [0.15, 0.2) is 80.9 Å². The van der Waals surface area contributed by atoms with Gasteiger partial charge in [0.05, 0.1) is 9.80 Å². The molecule has 11 heteroatoms. The highest BCUT2D eigenvalue weighted by molar-refractivity contribution is 8.26. The first-order valence-corrected chi connectivity index (χ1v) is 11.9. The van der Waals surface area contributed by atoms with Crippen LogP contribution < -0.4 is 10.6 Å². The van der Waals surface area contributed by atoms with Crippen molar-refractivity contribution < 1.29 is 22.4 Å². The SMILES string of the molecule is NS(=O)(=O)c1ccc(-c2ccc(/C=C3/SC(=S)N(NC(=O)c4ccccc4)C3=O)o2)cc1. The van der Waals surface area contributed by atoms with Crippen LogP contribution in [0, 0.1) is 0 Å². The molecule has 1 aliphatic heterocycles. The Morgan fingerprint density at radius 2 is 1.75 bits per heavy atom. The number of hydrogen-bond donors (Lipinski definition) is 2. The summed E-state index contributed by atoms with van der Waals surface area (Å²) in [6.07, 6.45) is 1.52. The lowest BCUT2D eigenvalue weighted by molar-refractivity contribution is -0.123. The van der Waals surface area contributed by atoms with Crippen LogP contribution in [0.1, 0.15) is 16.1 Å². The first-order chi connectivity index (χ1) is 15.2. The highest BCUT2D eigenvalue weighted by Crippen LogP contribution is 2.33. The third kappa shape index (κ3) is 4.65. The zero-order chi connectivity index (χ0) is 22.9. The highest BCUT2D eigenvalue weighted by Gasteiger charge is 2.34. The zero-order valence-electron chi connectivity index (χ0n) is 16.2. The minimum Gasteiger partial charge on any atom is -0.457 e. The molecule has 0 aliphatic carbocycles. The van der Waals surface area contributed by atoms with Gasteiger partial charge in [-0.25, -0.2) is 13.6 Å². The van der Waals surface area contributed by atoms with E-state index in [0.29, 0.717) is 22.6 Å². The number of furan rings is 1. The van der Waals surface area contributed by atoms with Gasteiger partial charge in [-0.1, -0.05) is 30.0 Å². The van der Waals surface area contributed by atoms with Gasteiger partial charge in [0.25, 0.3) is 11.8 Å². The van der Waals surface area contributed by atoms with E-state index < -0.39 is 21.8 Å². The first kappa shape index (κ1) is 22.0. The maximum absolute atomic E-state index is 12.7. The molecule has 4 rings (SSSR count). The average molecular weight is 486 g/mol. The Morgan fingerprint density at radius 1 is 1.06 bits per heavy atom. The van der Waals surface area contributed by atoms with Crippen molar-refractivity contribution in [3.8, 4) is 11.3 Å². The third-order valence-electron chi connectivity index (χ3n) is 4.41. The molecule has 0 radical (unpaired) electrons. The zero-order valence-corrected chi connectivity index (χ0v) is 18.7. The quantitative estimate of drug-likeness (QED) is 0.420. The van der Waals surface area contributed by atoms with E-state index in [-0.39, 0.29) is 14.1 Å². The van der Waals surface area contributed by atoms with Gasteiger partial charge in [-0.05, 0) is 60.7 Å². The van der Waals surface area contributed by atoms with Gasteiger partial charge in [-0.3, -0.25) is 15.0 Å². The maximum atomic E-state index is 12.7. The number of carbonyl (C=O) groups excluding carboxylic acids is 2. The number of hydrazine groups is 1. The smallest absolute Gasteiger partial charge is 0.285 e. The fourth-order valence-electron chi connectivity index (χ4n) is 2.84. The molecule has 8 nitrogen and oxygen atoms in total. The predicted octanol–water partition coefficient (Wildman–Crippen LogP) is 3.14. The summed E-state index contributed by atoms with van der Waals surface area (Å²) in [5.41, 5.74) is 3.55. The monoisotopic (exact) mass is 485 g/mol. The van der Waals surface area contributed by atoms with Crippen LogP contribution in [-0.2, 0) is 14.8 Å². The number of nitrogens with zero attached hydrogens (tertiary/aromatic N) is 1. The molecule has 1 fully saturated rings. The van der Waals surface area contributed by atoms with Crippen molar-refractivity contribution in [3.05, 3.63) is 83.0 Å². The van der Waals surface area contributed by atoms with E-state index >= 15 is 0 Å². The molecule has 0 spiro atoms. The second kappa shape index (κ2) is 8.71. The van der Waals surface area contributed by atoms with Crippen molar-refractivity contribution in [3.63, 3.8) is 0 Å². The van der Waals surface area contributed by atoms with E-state index in [4.69, 9.17) is 21.8 Å². The Hall–Kier alpha value is -3.25. The molecule has 1 aliphatic rings. The molecule has 0 atom stereocenters. The molecular formula is C21H15N3O5S3. The van der Waals surface area contributed by atoms with Gasteiger partial charge in [0.15, 0.2) is 4.32 Å². The summed E-state index contributed by atoms with van der Waals surface area (Å²) in [7, 11) is -3.78. The van der Waals surface area contributed by atoms with Crippen molar-refractivity contribution in [1.29, 1.82) is 0 Å². The number of thioether (sulfide) groups is 1. The molecule has 2 heterocycles. The van der Waals surface area contributed by atoms with E-state index in [1.54, 1.807) is 54.6 Å². The van der Waals surface area contributed by atoms with E-state index in [1.807, 2.05) is 0 Å². The van der Waals surface area contributed by atoms with Gasteiger partial charge >= 0.3 is 0 Å². The predicted molar refractivity (Wildman–Crippen MR) is 124 cm³/mol. The summed E-state index contributed by atoms with van der Waals surface area (Å²) in [4.78, 5) is 25.3. The second-order valence-corrected chi connectivity index (χ2v) is 9.83. The fourth-order valence-corrected chi connectivity index (χ4v) is 4.52. The number of primary sulfonamides is 1. The molecule has 162 valence electrons. The lowest BCUT2D eigenvalue weighted by atomic mass is 10.2. The molecule has 0 unspecified atom stereocenters. The number of amides is 2. The average Bonchev–Trinajstić information content (AvgIpc) is 3.34. The number of hydrogen-bond acceptors (Lipinski definition) is 7. The summed E-state index contributed by atoms with van der Waals surface area (Å²) in [5, 5.41) is 6.13. The second-order valence-electron chi connectivity index (χ2n) is 6.60. The molecule has 3 aromatic rings. The lowest BCUT2D eigenvalue weighted by Crippen LogP contribution is -2.44. The molecule has 1 saturated heterocycles. The van der Waals surface area contributed by atoms with E-state index in [2.05, 4.69) is 5.43 Å². The summed E-state index contributed by atoms with van der Waals surface area (Å²) >= 11 is 6.26. The van der Waals surface area contributed by atoms with Crippen LogP contribution in [0.5, 0.6) is 0 Å². The Balaban J connectivity index is 1.50. The van der Waals surface area contributed by atoms with Gasteiger partial charge in [0.1, 0.15) is 11.5 Å². The number of nitrogens with one attached hydrogen (secondary N) is 1. The maximum Gasteiger partial charge on any atom is 0.285 e. The minimum absolute atomic E-state index is 0.00532. The first-order valence-electron chi connectivity index (χ1n) is 9.09. The van der Waals surface area contributed by atoms with E-state index in [1.165, 1.54) is 18.2 Å². The highest BCUT2D eigenvalue weighted by atomic mass is 32.2. The van der Waals surface area contributed by atoms with Gasteiger partial charge in [0.2, 0.25) is 10.0 Å². The number of rotatable bonds is 5. The van der Waals surface area contributed by atoms with E-state index in [9.17, 15) is 18.0 Å². The van der Waals surface area contributed by atoms with Gasteiger partial charge in [0, 0.05) is 17.2 Å². The minimum atomic E-state index is -3.78.